The van der Waals surface area contributed by atoms with Crippen molar-refractivity contribution in [2.45, 2.75) is 12.1 Å². The molecule has 2 atom stereocenters. The minimum Gasteiger partial charge on any atom is -0.456 e. The van der Waals surface area contributed by atoms with Gasteiger partial charge in [-0.15, -0.1) is 0 Å². The van der Waals surface area contributed by atoms with E-state index in [-0.39, 0.29) is 12.1 Å². The van der Waals surface area contributed by atoms with E-state index in [1.165, 1.54) is 27.4 Å². The normalized spacial score (nSPS) is 18.5. The molecule has 2 aromatic heterocycles. The molecule has 0 saturated carbocycles. The molecule has 0 radical (unpaired) electrons. The smallest absolute Gasteiger partial charge is 0.136 e. The average Bonchev–Trinajstić information content (AvgIpc) is 3.39. The van der Waals surface area contributed by atoms with Crippen LogP contribution in [0.5, 0.6) is 0 Å². The highest BCUT2D eigenvalue weighted by atomic mass is 16.3. The minimum absolute atomic E-state index is 0.0263. The molecule has 0 aliphatic heterocycles. The van der Waals surface area contributed by atoms with Gasteiger partial charge in [0.05, 0.1) is 6.04 Å². The summed E-state index contributed by atoms with van der Waals surface area (Å²) < 4.78 is 8.60. The maximum atomic E-state index is 6.78. The third kappa shape index (κ3) is 2.66. The van der Waals surface area contributed by atoms with Crippen LogP contribution in [0.15, 0.2) is 114 Å². The van der Waals surface area contributed by atoms with E-state index in [0.717, 1.165) is 27.5 Å². The van der Waals surface area contributed by atoms with E-state index in [0.29, 0.717) is 0 Å². The second kappa shape index (κ2) is 6.96. The van der Waals surface area contributed by atoms with Gasteiger partial charge in [0.15, 0.2) is 0 Å². The molecule has 2 N–H and O–H groups in total. The zero-order chi connectivity index (χ0) is 21.9. The highest BCUT2D eigenvalue weighted by Crippen LogP contribution is 2.41. The molecule has 0 bridgehead atoms. The number of nitrogens with two attached hydrogens (primary N) is 1. The Hall–Kier alpha value is -4.08. The van der Waals surface area contributed by atoms with Crippen molar-refractivity contribution in [3.63, 3.8) is 0 Å². The van der Waals surface area contributed by atoms with Crippen molar-refractivity contribution in [1.82, 2.24) is 4.57 Å². The molecule has 3 nitrogen and oxygen atoms in total. The van der Waals surface area contributed by atoms with Crippen LogP contribution in [0, 0.1) is 0 Å². The summed E-state index contributed by atoms with van der Waals surface area (Å²) in [6.45, 7) is 0. The van der Waals surface area contributed by atoms with Gasteiger partial charge in [-0.3, -0.25) is 0 Å². The van der Waals surface area contributed by atoms with Gasteiger partial charge in [0, 0.05) is 38.6 Å². The lowest BCUT2D eigenvalue weighted by Crippen LogP contribution is -2.32. The molecular weight excluding hydrogens is 404 g/mol. The first kappa shape index (κ1) is 18.5. The molecule has 158 valence electrons. The number of furan rings is 1. The van der Waals surface area contributed by atoms with Crippen molar-refractivity contribution >= 4 is 49.3 Å². The Bertz CT molecular complexity index is 1690. The first-order valence-electron chi connectivity index (χ1n) is 11.3. The molecule has 0 fully saturated rings. The molecule has 2 unspecified atom stereocenters. The summed E-state index contributed by atoms with van der Waals surface area (Å²) in [5.41, 5.74) is 13.3. The molecule has 7 rings (SSSR count). The first-order valence-corrected chi connectivity index (χ1v) is 11.3. The van der Waals surface area contributed by atoms with E-state index in [2.05, 4.69) is 102 Å². The molecular formula is C30H22N2O. The molecule has 3 heteroatoms. The molecule has 0 saturated heterocycles. The van der Waals surface area contributed by atoms with E-state index in [9.17, 15) is 0 Å². The summed E-state index contributed by atoms with van der Waals surface area (Å²) in [6, 6.07) is 31.8. The van der Waals surface area contributed by atoms with Gasteiger partial charge in [-0.2, -0.15) is 0 Å². The van der Waals surface area contributed by atoms with Crippen molar-refractivity contribution in [3.05, 3.63) is 115 Å². The van der Waals surface area contributed by atoms with Crippen LogP contribution in [0.2, 0.25) is 0 Å². The van der Waals surface area contributed by atoms with E-state index in [1.807, 2.05) is 12.1 Å². The van der Waals surface area contributed by atoms with Gasteiger partial charge in [0.2, 0.25) is 0 Å². The summed E-state index contributed by atoms with van der Waals surface area (Å²) in [5, 5.41) is 4.79. The van der Waals surface area contributed by atoms with Crippen molar-refractivity contribution in [2.75, 3.05) is 0 Å². The van der Waals surface area contributed by atoms with Crippen LogP contribution in [-0.4, -0.2) is 10.6 Å². The molecule has 1 aliphatic carbocycles. The zero-order valence-electron chi connectivity index (χ0n) is 18.0. The standard InChI is InChI=1S/C30H22N2O/c31-25-12-7-11-20(19-16-17-24-23-10-3-6-15-28(23)33-29(24)18-19)30(25)32-26-13-4-1-8-21(26)22-9-2-5-14-27(22)32/h1-18,25,30H,31H2. The highest BCUT2D eigenvalue weighted by Gasteiger charge is 2.28. The maximum Gasteiger partial charge on any atom is 0.136 e. The molecule has 0 spiro atoms. The van der Waals surface area contributed by atoms with Crippen LogP contribution < -0.4 is 5.73 Å². The van der Waals surface area contributed by atoms with E-state index >= 15 is 0 Å². The predicted octanol–water partition coefficient (Wildman–Crippen LogP) is 7.22. The number of nitrogens with zero attached hydrogens (tertiary/aromatic N) is 1. The number of rotatable bonds is 2. The summed E-state index contributed by atoms with van der Waals surface area (Å²) >= 11 is 0. The lowest BCUT2D eigenvalue weighted by atomic mass is 9.88. The third-order valence-corrected chi connectivity index (χ3v) is 6.90. The minimum atomic E-state index is -0.143. The van der Waals surface area contributed by atoms with Crippen molar-refractivity contribution in [2.24, 2.45) is 5.73 Å². The van der Waals surface area contributed by atoms with Crippen LogP contribution in [-0.2, 0) is 0 Å². The lowest BCUT2D eigenvalue weighted by molar-refractivity contribution is 0.585. The maximum absolute atomic E-state index is 6.78. The number of aromatic nitrogens is 1. The highest BCUT2D eigenvalue weighted by molar-refractivity contribution is 6.09. The fourth-order valence-electron chi connectivity index (χ4n) is 5.43. The van der Waals surface area contributed by atoms with E-state index < -0.39 is 0 Å². The monoisotopic (exact) mass is 426 g/mol. The second-order valence-corrected chi connectivity index (χ2v) is 8.74. The van der Waals surface area contributed by atoms with E-state index in [4.69, 9.17) is 10.2 Å². The van der Waals surface area contributed by atoms with Crippen molar-refractivity contribution < 1.29 is 4.42 Å². The molecule has 6 aromatic rings. The predicted molar refractivity (Wildman–Crippen MR) is 137 cm³/mol. The first-order chi connectivity index (χ1) is 16.3. The fourth-order valence-corrected chi connectivity index (χ4v) is 5.43. The number of para-hydroxylation sites is 3. The summed E-state index contributed by atoms with van der Waals surface area (Å²) in [6.07, 6.45) is 6.37. The number of allylic oxidation sites excluding steroid dienone is 2. The Balaban J connectivity index is 1.47. The Kier molecular flexibility index (Phi) is 3.90. The summed E-state index contributed by atoms with van der Waals surface area (Å²) in [7, 11) is 0. The van der Waals surface area contributed by atoms with Gasteiger partial charge in [-0.25, -0.2) is 0 Å². The number of fused-ring (bicyclic) bond motifs is 6. The van der Waals surface area contributed by atoms with Crippen molar-refractivity contribution in [1.29, 1.82) is 0 Å². The third-order valence-electron chi connectivity index (χ3n) is 6.90. The van der Waals surface area contributed by atoms with Gasteiger partial charge >= 0.3 is 0 Å². The summed E-state index contributed by atoms with van der Waals surface area (Å²) in [4.78, 5) is 0. The largest absolute Gasteiger partial charge is 0.456 e. The summed E-state index contributed by atoms with van der Waals surface area (Å²) in [5.74, 6) is 0. The Morgan fingerprint density at radius 2 is 1.30 bits per heavy atom. The van der Waals surface area contributed by atoms with Crippen LogP contribution in [0.4, 0.5) is 0 Å². The molecule has 1 aliphatic rings. The number of hydrogen-bond acceptors (Lipinski definition) is 2. The van der Waals surface area contributed by atoms with Crippen LogP contribution in [0.25, 0.3) is 49.3 Å². The number of benzene rings is 4. The Morgan fingerprint density at radius 3 is 2.06 bits per heavy atom. The molecule has 2 heterocycles. The van der Waals surface area contributed by atoms with Gasteiger partial charge in [0.1, 0.15) is 11.2 Å². The molecule has 33 heavy (non-hydrogen) atoms. The fraction of sp³-hybridized carbons (Fsp3) is 0.0667. The molecule has 0 amide bonds. The number of hydrogen-bond donors (Lipinski definition) is 1. The van der Waals surface area contributed by atoms with Crippen LogP contribution >= 0.6 is 0 Å². The zero-order valence-corrected chi connectivity index (χ0v) is 18.0. The lowest BCUT2D eigenvalue weighted by Gasteiger charge is -2.30. The quantitative estimate of drug-likeness (QED) is 0.318. The van der Waals surface area contributed by atoms with Gasteiger partial charge in [-0.1, -0.05) is 78.9 Å². The topological polar surface area (TPSA) is 44.1 Å². The van der Waals surface area contributed by atoms with Crippen molar-refractivity contribution in [3.8, 4) is 0 Å². The van der Waals surface area contributed by atoms with Crippen LogP contribution in [0.3, 0.4) is 0 Å². The van der Waals surface area contributed by atoms with Gasteiger partial charge in [0.25, 0.3) is 0 Å². The second-order valence-electron chi connectivity index (χ2n) is 8.74. The van der Waals surface area contributed by atoms with Crippen LogP contribution in [0.1, 0.15) is 11.6 Å². The molecule has 4 aromatic carbocycles. The van der Waals surface area contributed by atoms with Gasteiger partial charge < -0.3 is 14.7 Å². The Morgan fingerprint density at radius 1 is 0.667 bits per heavy atom. The van der Waals surface area contributed by atoms with Gasteiger partial charge in [-0.05, 0) is 41.5 Å². The SMILES string of the molecule is NC1C=CC=C(c2ccc3c(c2)oc2ccccc23)C1n1c2ccccc2c2ccccc21. The van der Waals surface area contributed by atoms with E-state index in [1.54, 1.807) is 0 Å². The Labute approximate surface area is 191 Å². The average molecular weight is 427 g/mol.